The highest BCUT2D eigenvalue weighted by atomic mass is 16.5. The molecule has 6 heteroatoms. The van der Waals surface area contributed by atoms with E-state index in [4.69, 9.17) is 9.47 Å². The predicted octanol–water partition coefficient (Wildman–Crippen LogP) is 2.28. The fourth-order valence-electron chi connectivity index (χ4n) is 2.99. The molecule has 1 aliphatic rings. The van der Waals surface area contributed by atoms with E-state index in [-0.39, 0.29) is 18.4 Å². The molecule has 1 aromatic rings. The molecule has 0 aromatic heterocycles. The molecule has 0 spiro atoms. The monoisotopic (exact) mass is 335 g/mol. The number of rotatable bonds is 7. The Kier molecular flexibility index (Phi) is 6.61. The highest BCUT2D eigenvalue weighted by Gasteiger charge is 2.33. The Labute approximate surface area is 142 Å². The second-order valence-corrected chi connectivity index (χ2v) is 6.13. The van der Waals surface area contributed by atoms with Crippen molar-refractivity contribution < 1.29 is 24.2 Å². The molecule has 1 aromatic carbocycles. The topological polar surface area (TPSA) is 76.1 Å². The lowest BCUT2D eigenvalue weighted by atomic mass is 9.90. The van der Waals surface area contributed by atoms with E-state index in [1.165, 1.54) is 0 Å². The number of aliphatic carboxylic acids is 1. The van der Waals surface area contributed by atoms with Crippen LogP contribution in [0.15, 0.2) is 24.3 Å². The number of hydrogen-bond donors (Lipinski definition) is 1. The maximum atomic E-state index is 12.8. The van der Waals surface area contributed by atoms with Gasteiger partial charge in [-0.3, -0.25) is 9.59 Å². The first-order chi connectivity index (χ1) is 11.5. The fourth-order valence-corrected chi connectivity index (χ4v) is 2.99. The van der Waals surface area contributed by atoms with E-state index in [1.807, 2.05) is 19.9 Å². The minimum Gasteiger partial charge on any atom is -0.490 e. The SMILES string of the molecule is CCOCCOc1ccccc1C(=O)N1CC(C)CC(C(=O)O)C1. The fraction of sp³-hybridized carbons (Fsp3) is 0.556. The Hall–Kier alpha value is -2.08. The van der Waals surface area contributed by atoms with Gasteiger partial charge in [0, 0.05) is 19.7 Å². The Morgan fingerprint density at radius 3 is 2.71 bits per heavy atom. The van der Waals surface area contributed by atoms with Crippen molar-refractivity contribution in [2.75, 3.05) is 32.9 Å². The Balaban J connectivity index is 2.09. The molecule has 6 nitrogen and oxygen atoms in total. The first-order valence-corrected chi connectivity index (χ1v) is 8.34. The van der Waals surface area contributed by atoms with Crippen LogP contribution in [0.5, 0.6) is 5.75 Å². The van der Waals surface area contributed by atoms with E-state index in [0.717, 1.165) is 0 Å². The third-order valence-electron chi connectivity index (χ3n) is 4.10. The second kappa shape index (κ2) is 8.68. The van der Waals surface area contributed by atoms with Crippen LogP contribution in [0.1, 0.15) is 30.6 Å². The van der Waals surface area contributed by atoms with Crippen LogP contribution in [0.25, 0.3) is 0 Å². The average molecular weight is 335 g/mol. The summed E-state index contributed by atoms with van der Waals surface area (Å²) in [6.07, 6.45) is 0.603. The number of likely N-dealkylation sites (tertiary alicyclic amines) is 1. The van der Waals surface area contributed by atoms with Crippen molar-refractivity contribution in [3.63, 3.8) is 0 Å². The van der Waals surface area contributed by atoms with Crippen molar-refractivity contribution in [3.05, 3.63) is 29.8 Å². The Bertz CT molecular complexity index is 574. The number of carboxylic acid groups (broad SMARTS) is 1. The minimum atomic E-state index is -0.847. The van der Waals surface area contributed by atoms with Gasteiger partial charge < -0.3 is 19.5 Å². The summed E-state index contributed by atoms with van der Waals surface area (Å²) < 4.78 is 10.9. The molecule has 1 aliphatic heterocycles. The molecule has 1 N–H and O–H groups in total. The predicted molar refractivity (Wildman–Crippen MR) is 89.2 cm³/mol. The molecular weight excluding hydrogens is 310 g/mol. The van der Waals surface area contributed by atoms with E-state index >= 15 is 0 Å². The van der Waals surface area contributed by atoms with E-state index in [9.17, 15) is 14.7 Å². The maximum Gasteiger partial charge on any atom is 0.308 e. The number of carboxylic acids is 1. The zero-order valence-electron chi connectivity index (χ0n) is 14.2. The molecule has 1 heterocycles. The summed E-state index contributed by atoms with van der Waals surface area (Å²) in [7, 11) is 0. The number of benzene rings is 1. The van der Waals surface area contributed by atoms with Crippen molar-refractivity contribution in [3.8, 4) is 5.75 Å². The van der Waals surface area contributed by atoms with E-state index in [0.29, 0.717) is 44.1 Å². The van der Waals surface area contributed by atoms with Crippen LogP contribution in [-0.2, 0) is 9.53 Å². The summed E-state index contributed by atoms with van der Waals surface area (Å²) in [6, 6.07) is 7.06. The molecule has 0 radical (unpaired) electrons. The van der Waals surface area contributed by atoms with Gasteiger partial charge in [0.05, 0.1) is 18.1 Å². The summed E-state index contributed by atoms with van der Waals surface area (Å²) in [5, 5.41) is 9.27. The molecular formula is C18H25NO5. The smallest absolute Gasteiger partial charge is 0.308 e. The average Bonchev–Trinajstić information content (AvgIpc) is 2.58. The highest BCUT2D eigenvalue weighted by Crippen LogP contribution is 2.26. The molecule has 132 valence electrons. The number of para-hydroxylation sites is 1. The summed E-state index contributed by atoms with van der Waals surface area (Å²) in [5.74, 6) is -0.869. The standard InChI is InChI=1S/C18H25NO5/c1-3-23-8-9-24-16-7-5-4-6-15(16)17(20)19-11-13(2)10-14(12-19)18(21)22/h4-7,13-14H,3,8-12H2,1-2H3,(H,21,22). The number of amides is 1. The number of carbonyl (C=O) groups excluding carboxylic acids is 1. The van der Waals surface area contributed by atoms with Crippen LogP contribution in [0.3, 0.4) is 0 Å². The largest absolute Gasteiger partial charge is 0.490 e. The molecule has 0 saturated carbocycles. The zero-order chi connectivity index (χ0) is 17.5. The molecule has 2 unspecified atom stereocenters. The van der Waals surface area contributed by atoms with Gasteiger partial charge in [-0.1, -0.05) is 19.1 Å². The summed E-state index contributed by atoms with van der Waals surface area (Å²) in [5.41, 5.74) is 0.465. The van der Waals surface area contributed by atoms with Crippen molar-refractivity contribution in [1.29, 1.82) is 0 Å². The van der Waals surface area contributed by atoms with Crippen LogP contribution in [0.2, 0.25) is 0 Å². The van der Waals surface area contributed by atoms with E-state index < -0.39 is 11.9 Å². The maximum absolute atomic E-state index is 12.8. The second-order valence-electron chi connectivity index (χ2n) is 6.13. The summed E-state index contributed by atoms with van der Waals surface area (Å²) in [6.45, 7) is 6.13. The van der Waals surface area contributed by atoms with Crippen LogP contribution >= 0.6 is 0 Å². The van der Waals surface area contributed by atoms with Gasteiger partial charge in [-0.25, -0.2) is 0 Å². The molecule has 0 aliphatic carbocycles. The lowest BCUT2D eigenvalue weighted by molar-refractivity contribution is -0.143. The highest BCUT2D eigenvalue weighted by molar-refractivity contribution is 5.97. The first-order valence-electron chi connectivity index (χ1n) is 8.34. The summed E-state index contributed by atoms with van der Waals surface area (Å²) in [4.78, 5) is 25.8. The van der Waals surface area contributed by atoms with Crippen molar-refractivity contribution in [1.82, 2.24) is 4.90 Å². The van der Waals surface area contributed by atoms with Crippen LogP contribution in [-0.4, -0.2) is 54.8 Å². The quantitative estimate of drug-likeness (QED) is 0.774. The molecule has 24 heavy (non-hydrogen) atoms. The van der Waals surface area contributed by atoms with Gasteiger partial charge in [0.1, 0.15) is 12.4 Å². The number of nitrogens with zero attached hydrogens (tertiary/aromatic N) is 1. The Morgan fingerprint density at radius 1 is 1.25 bits per heavy atom. The van der Waals surface area contributed by atoms with Gasteiger partial charge in [0.15, 0.2) is 0 Å². The molecule has 0 bridgehead atoms. The van der Waals surface area contributed by atoms with Crippen molar-refractivity contribution in [2.24, 2.45) is 11.8 Å². The van der Waals surface area contributed by atoms with Gasteiger partial charge in [0.25, 0.3) is 5.91 Å². The van der Waals surface area contributed by atoms with Gasteiger partial charge >= 0.3 is 5.97 Å². The molecule has 1 amide bonds. The van der Waals surface area contributed by atoms with E-state index in [2.05, 4.69) is 0 Å². The van der Waals surface area contributed by atoms with Crippen LogP contribution in [0, 0.1) is 11.8 Å². The van der Waals surface area contributed by atoms with Gasteiger partial charge in [0.2, 0.25) is 0 Å². The van der Waals surface area contributed by atoms with Crippen LogP contribution < -0.4 is 4.74 Å². The van der Waals surface area contributed by atoms with E-state index in [1.54, 1.807) is 23.1 Å². The number of ether oxygens (including phenoxy) is 2. The molecule has 1 fully saturated rings. The minimum absolute atomic E-state index is 0.162. The molecule has 2 rings (SSSR count). The third-order valence-corrected chi connectivity index (χ3v) is 4.10. The van der Waals surface area contributed by atoms with Crippen molar-refractivity contribution in [2.45, 2.75) is 20.3 Å². The van der Waals surface area contributed by atoms with Crippen molar-refractivity contribution >= 4 is 11.9 Å². The van der Waals surface area contributed by atoms with Gasteiger partial charge in [-0.2, -0.15) is 0 Å². The molecule has 1 saturated heterocycles. The lowest BCUT2D eigenvalue weighted by Gasteiger charge is -2.35. The van der Waals surface area contributed by atoms with Gasteiger partial charge in [-0.05, 0) is 31.4 Å². The first kappa shape index (κ1) is 18.3. The summed E-state index contributed by atoms with van der Waals surface area (Å²) >= 11 is 0. The number of carbonyl (C=O) groups is 2. The normalized spacial score (nSPS) is 20.7. The Morgan fingerprint density at radius 2 is 2.00 bits per heavy atom. The van der Waals surface area contributed by atoms with Gasteiger partial charge in [-0.15, -0.1) is 0 Å². The zero-order valence-corrected chi connectivity index (χ0v) is 14.2. The number of hydrogen-bond acceptors (Lipinski definition) is 4. The molecule has 2 atom stereocenters. The lowest BCUT2D eigenvalue weighted by Crippen LogP contribution is -2.45. The van der Waals surface area contributed by atoms with Crippen LogP contribution in [0.4, 0.5) is 0 Å². The third kappa shape index (κ3) is 4.71. The number of piperidine rings is 1.